The number of hydrogen-bond acceptors (Lipinski definition) is 2. The van der Waals surface area contributed by atoms with Gasteiger partial charge in [0, 0.05) is 5.92 Å². The van der Waals surface area contributed by atoms with E-state index in [9.17, 15) is 9.18 Å². The number of nitrogens with one attached hydrogen (secondary N) is 1. The minimum Gasteiger partial charge on any atom is -0.308 e. The van der Waals surface area contributed by atoms with Crippen molar-refractivity contribution in [1.82, 2.24) is 9.97 Å². The van der Waals surface area contributed by atoms with Gasteiger partial charge in [-0.05, 0) is 19.8 Å². The van der Waals surface area contributed by atoms with E-state index in [4.69, 9.17) is 0 Å². The van der Waals surface area contributed by atoms with E-state index in [0.717, 1.165) is 12.8 Å². The zero-order valence-electron chi connectivity index (χ0n) is 8.72. The molecule has 0 unspecified atom stereocenters. The molecule has 0 aliphatic heterocycles. The molecule has 1 N–H and O–H groups in total. The molecule has 0 bridgehead atoms. The smallest absolute Gasteiger partial charge is 0.287 e. The lowest BCUT2D eigenvalue weighted by Crippen LogP contribution is -2.19. The first kappa shape index (κ1) is 10.9. The summed E-state index contributed by atoms with van der Waals surface area (Å²) >= 11 is 0. The van der Waals surface area contributed by atoms with Gasteiger partial charge in [0.25, 0.3) is 5.56 Å². The molecular formula is C10H15FN2O. The molecular weight excluding hydrogens is 183 g/mol. The molecule has 0 spiro atoms. The minimum absolute atomic E-state index is 0.177. The second-order valence-corrected chi connectivity index (χ2v) is 3.36. The molecule has 0 fully saturated rings. The predicted octanol–water partition coefficient (Wildman–Crippen LogP) is 2.12. The van der Waals surface area contributed by atoms with Crippen LogP contribution in [0.4, 0.5) is 4.39 Å². The number of halogens is 1. The standard InChI is InChI=1S/C10H15FN2O/c1-4-7(5-2)9-12-6(3)8(11)10(14)13-9/h7H,4-5H2,1-3H3,(H,12,13,14). The highest BCUT2D eigenvalue weighted by molar-refractivity contribution is 5.06. The Balaban J connectivity index is 3.18. The summed E-state index contributed by atoms with van der Waals surface area (Å²) < 4.78 is 13.0. The van der Waals surface area contributed by atoms with Gasteiger partial charge in [-0.25, -0.2) is 4.98 Å². The number of H-pyrrole nitrogens is 1. The summed E-state index contributed by atoms with van der Waals surface area (Å²) in [6, 6.07) is 0. The molecule has 0 amide bonds. The molecule has 0 aliphatic carbocycles. The quantitative estimate of drug-likeness (QED) is 0.808. The maximum absolute atomic E-state index is 13.0. The summed E-state index contributed by atoms with van der Waals surface area (Å²) in [7, 11) is 0. The van der Waals surface area contributed by atoms with Crippen LogP contribution in [0, 0.1) is 12.7 Å². The van der Waals surface area contributed by atoms with Crippen LogP contribution in [0.5, 0.6) is 0 Å². The van der Waals surface area contributed by atoms with E-state index >= 15 is 0 Å². The highest BCUT2D eigenvalue weighted by Gasteiger charge is 2.13. The fraction of sp³-hybridized carbons (Fsp3) is 0.600. The summed E-state index contributed by atoms with van der Waals surface area (Å²) in [6.45, 7) is 5.55. The third-order valence-corrected chi connectivity index (χ3v) is 2.42. The van der Waals surface area contributed by atoms with E-state index in [0.29, 0.717) is 5.82 Å². The van der Waals surface area contributed by atoms with E-state index < -0.39 is 11.4 Å². The van der Waals surface area contributed by atoms with Gasteiger partial charge in [0.1, 0.15) is 5.82 Å². The first-order valence-corrected chi connectivity index (χ1v) is 4.86. The number of rotatable bonds is 3. The third kappa shape index (κ3) is 2.00. The first-order chi connectivity index (χ1) is 6.60. The number of nitrogens with zero attached hydrogens (tertiary/aromatic N) is 1. The summed E-state index contributed by atoms with van der Waals surface area (Å²) in [6.07, 6.45) is 1.79. The number of aryl methyl sites for hydroxylation is 1. The van der Waals surface area contributed by atoms with E-state index in [1.54, 1.807) is 0 Å². The van der Waals surface area contributed by atoms with Gasteiger partial charge in [-0.1, -0.05) is 13.8 Å². The normalized spacial score (nSPS) is 10.9. The Hall–Kier alpha value is -1.19. The van der Waals surface area contributed by atoms with Crippen LogP contribution < -0.4 is 5.56 Å². The minimum atomic E-state index is -0.778. The molecule has 0 saturated heterocycles. The van der Waals surface area contributed by atoms with E-state index in [1.807, 2.05) is 13.8 Å². The zero-order chi connectivity index (χ0) is 10.7. The Morgan fingerprint density at radius 2 is 2.00 bits per heavy atom. The van der Waals surface area contributed by atoms with Crippen LogP contribution >= 0.6 is 0 Å². The lowest BCUT2D eigenvalue weighted by atomic mass is 10.0. The molecule has 4 heteroatoms. The van der Waals surface area contributed by atoms with Crippen molar-refractivity contribution in [2.75, 3.05) is 0 Å². The summed E-state index contributed by atoms with van der Waals surface area (Å²) in [4.78, 5) is 17.6. The van der Waals surface area contributed by atoms with Gasteiger partial charge in [-0.15, -0.1) is 0 Å². The Bertz CT molecular complexity index is 369. The molecule has 0 aromatic carbocycles. The van der Waals surface area contributed by atoms with E-state index in [-0.39, 0.29) is 11.6 Å². The molecule has 78 valence electrons. The average Bonchev–Trinajstić information content (AvgIpc) is 2.16. The Kier molecular flexibility index (Phi) is 3.38. The summed E-state index contributed by atoms with van der Waals surface area (Å²) in [5, 5.41) is 0. The van der Waals surface area contributed by atoms with Crippen LogP contribution in [0.3, 0.4) is 0 Å². The fourth-order valence-electron chi connectivity index (χ4n) is 1.46. The van der Waals surface area contributed by atoms with Crippen LogP contribution in [-0.4, -0.2) is 9.97 Å². The SMILES string of the molecule is CCC(CC)c1nc(C)c(F)c(=O)[nH]1. The fourth-order valence-corrected chi connectivity index (χ4v) is 1.46. The zero-order valence-corrected chi connectivity index (χ0v) is 8.72. The second kappa shape index (κ2) is 4.35. The van der Waals surface area contributed by atoms with Crippen LogP contribution in [0.2, 0.25) is 0 Å². The van der Waals surface area contributed by atoms with Gasteiger partial charge in [0.2, 0.25) is 5.82 Å². The number of aromatic amines is 1. The number of hydrogen-bond donors (Lipinski definition) is 1. The molecule has 1 aromatic heterocycles. The van der Waals surface area contributed by atoms with Crippen LogP contribution in [0.25, 0.3) is 0 Å². The van der Waals surface area contributed by atoms with Crippen LogP contribution in [0.15, 0.2) is 4.79 Å². The van der Waals surface area contributed by atoms with Crippen LogP contribution in [-0.2, 0) is 0 Å². The van der Waals surface area contributed by atoms with Crippen molar-refractivity contribution >= 4 is 0 Å². The maximum Gasteiger partial charge on any atom is 0.287 e. The Labute approximate surface area is 82.4 Å². The van der Waals surface area contributed by atoms with Gasteiger partial charge in [-0.3, -0.25) is 4.79 Å². The molecule has 1 aromatic rings. The molecule has 0 aliphatic rings. The summed E-state index contributed by atoms with van der Waals surface area (Å²) in [5.74, 6) is 0.0283. The molecule has 0 radical (unpaired) electrons. The highest BCUT2D eigenvalue weighted by Crippen LogP contribution is 2.18. The van der Waals surface area contributed by atoms with Crippen LogP contribution in [0.1, 0.15) is 44.1 Å². The molecule has 0 atom stereocenters. The van der Waals surface area contributed by atoms with E-state index in [2.05, 4.69) is 9.97 Å². The lowest BCUT2D eigenvalue weighted by molar-refractivity contribution is 0.551. The first-order valence-electron chi connectivity index (χ1n) is 4.86. The monoisotopic (exact) mass is 198 g/mol. The topological polar surface area (TPSA) is 45.8 Å². The highest BCUT2D eigenvalue weighted by atomic mass is 19.1. The average molecular weight is 198 g/mol. The third-order valence-electron chi connectivity index (χ3n) is 2.42. The molecule has 1 rings (SSSR count). The van der Waals surface area contributed by atoms with Crippen molar-refractivity contribution in [2.45, 2.75) is 39.5 Å². The van der Waals surface area contributed by atoms with Gasteiger partial charge in [0.15, 0.2) is 0 Å². The second-order valence-electron chi connectivity index (χ2n) is 3.36. The van der Waals surface area contributed by atoms with Gasteiger partial charge in [0.05, 0.1) is 5.69 Å². The Morgan fingerprint density at radius 1 is 1.43 bits per heavy atom. The summed E-state index contributed by atoms with van der Waals surface area (Å²) in [5.41, 5.74) is -0.491. The molecule has 3 nitrogen and oxygen atoms in total. The molecule has 14 heavy (non-hydrogen) atoms. The number of aromatic nitrogens is 2. The maximum atomic E-state index is 13.0. The van der Waals surface area contributed by atoms with Gasteiger partial charge >= 0.3 is 0 Å². The van der Waals surface area contributed by atoms with Crippen molar-refractivity contribution < 1.29 is 4.39 Å². The predicted molar refractivity (Wildman–Crippen MR) is 52.9 cm³/mol. The largest absolute Gasteiger partial charge is 0.308 e. The van der Waals surface area contributed by atoms with Crippen molar-refractivity contribution in [3.8, 4) is 0 Å². The van der Waals surface area contributed by atoms with E-state index in [1.165, 1.54) is 6.92 Å². The van der Waals surface area contributed by atoms with Gasteiger partial charge in [-0.2, -0.15) is 4.39 Å². The van der Waals surface area contributed by atoms with Crippen molar-refractivity contribution in [2.24, 2.45) is 0 Å². The Morgan fingerprint density at radius 3 is 2.43 bits per heavy atom. The molecule has 0 saturated carbocycles. The lowest BCUT2D eigenvalue weighted by Gasteiger charge is -2.11. The van der Waals surface area contributed by atoms with Crippen molar-refractivity contribution in [1.29, 1.82) is 0 Å². The van der Waals surface area contributed by atoms with Crippen molar-refractivity contribution in [3.63, 3.8) is 0 Å². The van der Waals surface area contributed by atoms with Gasteiger partial charge < -0.3 is 4.98 Å². The molecule has 1 heterocycles. The van der Waals surface area contributed by atoms with Crippen molar-refractivity contribution in [3.05, 3.63) is 27.7 Å².